The summed E-state index contributed by atoms with van der Waals surface area (Å²) in [6, 6.07) is 8.04. The molecule has 1 fully saturated rings. The van der Waals surface area contributed by atoms with E-state index in [1.165, 1.54) is 0 Å². The lowest BCUT2D eigenvalue weighted by molar-refractivity contribution is 0.185. The van der Waals surface area contributed by atoms with Crippen molar-refractivity contribution in [2.24, 2.45) is 4.99 Å². The topological polar surface area (TPSA) is 38.7 Å². The first-order chi connectivity index (χ1) is 7.30. The van der Waals surface area contributed by atoms with Crippen molar-refractivity contribution in [1.82, 2.24) is 0 Å². The van der Waals surface area contributed by atoms with Crippen LogP contribution in [0.5, 0.6) is 0 Å². The molecule has 0 spiro atoms. The summed E-state index contributed by atoms with van der Waals surface area (Å²) in [5, 5.41) is 0. The van der Waals surface area contributed by atoms with Crippen LogP contribution >= 0.6 is 0 Å². The third-order valence-corrected chi connectivity index (χ3v) is 2.76. The zero-order chi connectivity index (χ0) is 10.7. The summed E-state index contributed by atoms with van der Waals surface area (Å²) in [5.74, 6) is 0. The van der Waals surface area contributed by atoms with Crippen LogP contribution in [-0.2, 0) is 21.7 Å². The highest BCUT2D eigenvalue weighted by Crippen LogP contribution is 2.49. The van der Waals surface area contributed by atoms with Crippen molar-refractivity contribution < 1.29 is 9.53 Å². The lowest BCUT2D eigenvalue weighted by Gasteiger charge is -2.09. The standard InChI is InChI=1S/C12H13NO2/c1-15-8-10-3-2-4-11(7-10)12(5-6-12)13-9-14/h2-4,7H,5-6,8H2,1H3. The van der Waals surface area contributed by atoms with Crippen molar-refractivity contribution in [2.75, 3.05) is 7.11 Å². The molecule has 3 nitrogen and oxygen atoms in total. The average molecular weight is 203 g/mol. The first kappa shape index (κ1) is 10.1. The summed E-state index contributed by atoms with van der Waals surface area (Å²) in [4.78, 5) is 14.2. The molecular weight excluding hydrogens is 190 g/mol. The minimum Gasteiger partial charge on any atom is -0.380 e. The van der Waals surface area contributed by atoms with Gasteiger partial charge in [-0.05, 0) is 24.0 Å². The van der Waals surface area contributed by atoms with E-state index in [1.807, 2.05) is 18.2 Å². The SMILES string of the molecule is COCc1cccc(C2(N=C=O)CC2)c1. The zero-order valence-electron chi connectivity index (χ0n) is 8.69. The van der Waals surface area contributed by atoms with Gasteiger partial charge in [0.15, 0.2) is 0 Å². The van der Waals surface area contributed by atoms with Crippen LogP contribution < -0.4 is 0 Å². The quantitative estimate of drug-likeness (QED) is 0.555. The Labute approximate surface area is 88.8 Å². The molecule has 1 aromatic rings. The largest absolute Gasteiger partial charge is 0.380 e. The fourth-order valence-electron chi connectivity index (χ4n) is 1.79. The van der Waals surface area contributed by atoms with E-state index in [0.29, 0.717) is 6.61 Å². The molecule has 0 amide bonds. The Hall–Kier alpha value is -1.44. The Morgan fingerprint density at radius 1 is 1.53 bits per heavy atom. The van der Waals surface area contributed by atoms with E-state index in [1.54, 1.807) is 13.2 Å². The Bertz CT molecular complexity index is 404. The van der Waals surface area contributed by atoms with Crippen molar-refractivity contribution >= 4 is 6.08 Å². The molecule has 0 aromatic heterocycles. The lowest BCUT2D eigenvalue weighted by Crippen LogP contribution is -2.03. The molecule has 78 valence electrons. The van der Waals surface area contributed by atoms with Gasteiger partial charge in [-0.3, -0.25) is 0 Å². The van der Waals surface area contributed by atoms with Gasteiger partial charge in [-0.25, -0.2) is 4.79 Å². The maximum atomic E-state index is 10.3. The minimum atomic E-state index is -0.272. The van der Waals surface area contributed by atoms with Gasteiger partial charge in [-0.1, -0.05) is 24.3 Å². The van der Waals surface area contributed by atoms with Crippen molar-refractivity contribution in [3.05, 3.63) is 35.4 Å². The summed E-state index contributed by atoms with van der Waals surface area (Å²) in [7, 11) is 1.67. The number of benzene rings is 1. The Balaban J connectivity index is 2.28. The number of hydrogen-bond donors (Lipinski definition) is 0. The Kier molecular flexibility index (Phi) is 2.67. The monoisotopic (exact) mass is 203 g/mol. The van der Waals surface area contributed by atoms with E-state index in [-0.39, 0.29) is 5.54 Å². The second-order valence-electron chi connectivity index (χ2n) is 3.87. The highest BCUT2D eigenvalue weighted by Gasteiger charge is 2.44. The van der Waals surface area contributed by atoms with Crippen LogP contribution in [0.3, 0.4) is 0 Å². The number of nitrogens with zero attached hydrogens (tertiary/aromatic N) is 1. The summed E-state index contributed by atoms with van der Waals surface area (Å²) in [6.07, 6.45) is 3.55. The number of isocyanates is 1. The molecular formula is C12H13NO2. The molecule has 0 saturated heterocycles. The number of methoxy groups -OCH3 is 1. The van der Waals surface area contributed by atoms with Crippen LogP contribution in [0, 0.1) is 0 Å². The Morgan fingerprint density at radius 3 is 2.93 bits per heavy atom. The fourth-order valence-corrected chi connectivity index (χ4v) is 1.79. The van der Waals surface area contributed by atoms with Crippen molar-refractivity contribution in [3.8, 4) is 0 Å². The van der Waals surface area contributed by atoms with Gasteiger partial charge in [-0.15, -0.1) is 0 Å². The molecule has 1 saturated carbocycles. The van der Waals surface area contributed by atoms with Crippen LogP contribution in [0.1, 0.15) is 24.0 Å². The molecule has 2 rings (SSSR count). The predicted octanol–water partition coefficient (Wildman–Crippen LogP) is 2.16. The number of aliphatic imine (C=N–C) groups is 1. The molecule has 0 N–H and O–H groups in total. The molecule has 1 aliphatic rings. The minimum absolute atomic E-state index is 0.272. The van der Waals surface area contributed by atoms with Gasteiger partial charge in [-0.2, -0.15) is 4.99 Å². The van der Waals surface area contributed by atoms with E-state index in [0.717, 1.165) is 24.0 Å². The fraction of sp³-hybridized carbons (Fsp3) is 0.417. The third-order valence-electron chi connectivity index (χ3n) is 2.76. The summed E-state index contributed by atoms with van der Waals surface area (Å²) >= 11 is 0. The molecule has 15 heavy (non-hydrogen) atoms. The molecule has 0 aliphatic heterocycles. The van der Waals surface area contributed by atoms with Gasteiger partial charge in [0.25, 0.3) is 0 Å². The van der Waals surface area contributed by atoms with Gasteiger partial charge in [0, 0.05) is 7.11 Å². The van der Waals surface area contributed by atoms with Crippen LogP contribution in [0.2, 0.25) is 0 Å². The normalized spacial score (nSPS) is 16.9. The zero-order valence-corrected chi connectivity index (χ0v) is 8.69. The molecule has 0 heterocycles. The summed E-state index contributed by atoms with van der Waals surface area (Å²) < 4.78 is 5.07. The van der Waals surface area contributed by atoms with Crippen LogP contribution in [0.4, 0.5) is 0 Å². The second-order valence-corrected chi connectivity index (χ2v) is 3.87. The van der Waals surface area contributed by atoms with Gasteiger partial charge in [0.1, 0.15) is 0 Å². The Morgan fingerprint density at radius 2 is 2.33 bits per heavy atom. The summed E-state index contributed by atoms with van der Waals surface area (Å²) in [6.45, 7) is 0.592. The van der Waals surface area contributed by atoms with E-state index in [4.69, 9.17) is 4.74 Å². The molecule has 0 bridgehead atoms. The average Bonchev–Trinajstić information content (AvgIpc) is 3.01. The van der Waals surface area contributed by atoms with Gasteiger partial charge < -0.3 is 4.74 Å². The van der Waals surface area contributed by atoms with Crippen molar-refractivity contribution in [2.45, 2.75) is 25.0 Å². The molecule has 1 aliphatic carbocycles. The molecule has 0 radical (unpaired) electrons. The number of carbonyl (C=O) groups excluding carboxylic acids is 1. The highest BCUT2D eigenvalue weighted by atomic mass is 16.5. The molecule has 0 atom stereocenters. The first-order valence-corrected chi connectivity index (χ1v) is 4.98. The van der Waals surface area contributed by atoms with E-state index < -0.39 is 0 Å². The first-order valence-electron chi connectivity index (χ1n) is 4.98. The van der Waals surface area contributed by atoms with Gasteiger partial charge >= 0.3 is 0 Å². The van der Waals surface area contributed by atoms with Gasteiger partial charge in [0.2, 0.25) is 6.08 Å². The predicted molar refractivity (Wildman–Crippen MR) is 56.2 cm³/mol. The van der Waals surface area contributed by atoms with Crippen molar-refractivity contribution in [1.29, 1.82) is 0 Å². The van der Waals surface area contributed by atoms with Crippen molar-refractivity contribution in [3.63, 3.8) is 0 Å². The van der Waals surface area contributed by atoms with E-state index >= 15 is 0 Å². The maximum Gasteiger partial charge on any atom is 0.235 e. The number of ether oxygens (including phenoxy) is 1. The van der Waals surface area contributed by atoms with Gasteiger partial charge in [0.05, 0.1) is 12.1 Å². The van der Waals surface area contributed by atoms with Crippen LogP contribution in [0.25, 0.3) is 0 Å². The maximum absolute atomic E-state index is 10.3. The smallest absolute Gasteiger partial charge is 0.235 e. The third kappa shape index (κ3) is 1.99. The van der Waals surface area contributed by atoms with E-state index in [2.05, 4.69) is 11.1 Å². The van der Waals surface area contributed by atoms with Crippen LogP contribution in [0.15, 0.2) is 29.3 Å². The molecule has 3 heteroatoms. The highest BCUT2D eigenvalue weighted by molar-refractivity contribution is 5.42. The summed E-state index contributed by atoms with van der Waals surface area (Å²) in [5.41, 5.74) is 1.94. The second kappa shape index (κ2) is 3.97. The van der Waals surface area contributed by atoms with Crippen LogP contribution in [-0.4, -0.2) is 13.2 Å². The van der Waals surface area contributed by atoms with E-state index in [9.17, 15) is 4.79 Å². The lowest BCUT2D eigenvalue weighted by atomic mass is 10.0. The molecule has 0 unspecified atom stereocenters. The number of hydrogen-bond acceptors (Lipinski definition) is 3. The number of rotatable bonds is 4. The molecule has 1 aromatic carbocycles.